The third-order valence-electron chi connectivity index (χ3n) is 3.73. The van der Waals surface area contributed by atoms with Gasteiger partial charge in [-0.25, -0.2) is 12.7 Å². The van der Waals surface area contributed by atoms with E-state index in [1.54, 1.807) is 26.2 Å². The number of hydrogen-bond acceptors (Lipinski definition) is 4. The molecule has 1 atom stereocenters. The Morgan fingerprint density at radius 2 is 1.95 bits per heavy atom. The average Bonchev–Trinajstić information content (AvgIpc) is 2.42. The molecule has 1 N–H and O–H groups in total. The smallest absolute Gasteiger partial charge is 0.242 e. The summed E-state index contributed by atoms with van der Waals surface area (Å²) in [4.78, 5) is 2.76. The van der Waals surface area contributed by atoms with Crippen LogP contribution < -0.4 is 5.32 Å². The van der Waals surface area contributed by atoms with Gasteiger partial charge in [0, 0.05) is 46.3 Å². The number of piperazine rings is 1. The van der Waals surface area contributed by atoms with Gasteiger partial charge in [0.2, 0.25) is 10.0 Å². The zero-order valence-corrected chi connectivity index (χ0v) is 13.2. The van der Waals surface area contributed by atoms with Gasteiger partial charge in [-0.15, -0.1) is 0 Å². The zero-order valence-electron chi connectivity index (χ0n) is 12.3. The summed E-state index contributed by atoms with van der Waals surface area (Å²) in [5, 5.41) is 3.37. The first-order valence-corrected chi connectivity index (χ1v) is 8.31. The van der Waals surface area contributed by atoms with Gasteiger partial charge in [-0.2, -0.15) is 0 Å². The Kier molecular flexibility index (Phi) is 4.80. The molecular formula is C14H23N3O2S. The maximum atomic E-state index is 12.0. The SMILES string of the molecule is CC1CNCCN1Cc1ccc(S(=O)(=O)N(C)C)cc1. The second-order valence-electron chi connectivity index (χ2n) is 5.46. The molecule has 0 spiro atoms. The van der Waals surface area contributed by atoms with Crippen molar-refractivity contribution in [2.24, 2.45) is 0 Å². The van der Waals surface area contributed by atoms with Crippen molar-refractivity contribution >= 4 is 10.0 Å². The van der Waals surface area contributed by atoms with E-state index in [9.17, 15) is 8.42 Å². The fraction of sp³-hybridized carbons (Fsp3) is 0.571. The van der Waals surface area contributed by atoms with Crippen molar-refractivity contribution in [1.82, 2.24) is 14.5 Å². The molecule has 0 saturated carbocycles. The van der Waals surface area contributed by atoms with Crippen molar-refractivity contribution in [3.63, 3.8) is 0 Å². The highest BCUT2D eigenvalue weighted by Gasteiger charge is 2.19. The Morgan fingerprint density at radius 3 is 2.50 bits per heavy atom. The molecule has 6 heteroatoms. The Balaban J connectivity index is 2.09. The lowest BCUT2D eigenvalue weighted by Crippen LogP contribution is -2.49. The average molecular weight is 297 g/mol. The quantitative estimate of drug-likeness (QED) is 0.890. The summed E-state index contributed by atoms with van der Waals surface area (Å²) in [7, 11) is -0.233. The number of sulfonamides is 1. The molecule has 1 heterocycles. The molecular weight excluding hydrogens is 274 g/mol. The second-order valence-corrected chi connectivity index (χ2v) is 7.61. The standard InChI is InChI=1S/C14H23N3O2S/c1-12-10-15-8-9-17(12)11-13-4-6-14(7-5-13)20(18,19)16(2)3/h4-7,12,15H,8-11H2,1-3H3. The van der Waals surface area contributed by atoms with Crippen LogP contribution in [0.15, 0.2) is 29.2 Å². The van der Waals surface area contributed by atoms with Crippen LogP contribution in [-0.4, -0.2) is 57.4 Å². The zero-order chi connectivity index (χ0) is 14.8. The maximum absolute atomic E-state index is 12.0. The summed E-state index contributed by atoms with van der Waals surface area (Å²) in [5.74, 6) is 0. The van der Waals surface area contributed by atoms with E-state index in [1.165, 1.54) is 4.31 Å². The lowest BCUT2D eigenvalue weighted by Gasteiger charge is -2.33. The summed E-state index contributed by atoms with van der Waals surface area (Å²) >= 11 is 0. The van der Waals surface area contributed by atoms with E-state index >= 15 is 0 Å². The van der Waals surface area contributed by atoms with Crippen molar-refractivity contribution in [3.05, 3.63) is 29.8 Å². The molecule has 1 fully saturated rings. The second kappa shape index (κ2) is 6.22. The molecule has 1 aromatic carbocycles. The van der Waals surface area contributed by atoms with Crippen LogP contribution in [-0.2, 0) is 16.6 Å². The lowest BCUT2D eigenvalue weighted by molar-refractivity contribution is 0.165. The third kappa shape index (κ3) is 3.38. The Morgan fingerprint density at radius 1 is 1.30 bits per heavy atom. The highest BCUT2D eigenvalue weighted by Crippen LogP contribution is 2.16. The molecule has 2 rings (SSSR count). The van der Waals surface area contributed by atoms with Crippen LogP contribution in [0, 0.1) is 0 Å². The first-order chi connectivity index (χ1) is 9.41. The normalized spacial score (nSPS) is 21.3. The molecule has 5 nitrogen and oxygen atoms in total. The van der Waals surface area contributed by atoms with Gasteiger partial charge in [0.25, 0.3) is 0 Å². The predicted molar refractivity (Wildman–Crippen MR) is 80.1 cm³/mol. The molecule has 20 heavy (non-hydrogen) atoms. The van der Waals surface area contributed by atoms with Gasteiger partial charge in [-0.3, -0.25) is 4.90 Å². The number of nitrogens with zero attached hydrogens (tertiary/aromatic N) is 2. The largest absolute Gasteiger partial charge is 0.314 e. The Labute approximate surface area is 121 Å². The number of hydrogen-bond donors (Lipinski definition) is 1. The van der Waals surface area contributed by atoms with Gasteiger partial charge >= 0.3 is 0 Å². The van der Waals surface area contributed by atoms with Crippen LogP contribution in [0.5, 0.6) is 0 Å². The Hall–Kier alpha value is -0.950. The van der Waals surface area contributed by atoms with Crippen LogP contribution in [0.2, 0.25) is 0 Å². The van der Waals surface area contributed by atoms with Gasteiger partial charge < -0.3 is 5.32 Å². The summed E-state index contributed by atoms with van der Waals surface area (Å²) in [6, 6.07) is 7.71. The van der Waals surface area contributed by atoms with Crippen molar-refractivity contribution < 1.29 is 8.42 Å². The fourth-order valence-corrected chi connectivity index (χ4v) is 3.23. The lowest BCUT2D eigenvalue weighted by atomic mass is 10.1. The summed E-state index contributed by atoms with van der Waals surface area (Å²) in [6.45, 7) is 6.12. The number of nitrogens with one attached hydrogen (secondary N) is 1. The molecule has 0 aliphatic carbocycles. The Bertz CT molecular complexity index is 540. The van der Waals surface area contributed by atoms with E-state index < -0.39 is 10.0 Å². The van der Waals surface area contributed by atoms with E-state index in [-0.39, 0.29) is 0 Å². The van der Waals surface area contributed by atoms with E-state index in [2.05, 4.69) is 17.1 Å². The van der Waals surface area contributed by atoms with Crippen LogP contribution in [0.1, 0.15) is 12.5 Å². The minimum atomic E-state index is -3.33. The predicted octanol–water partition coefficient (Wildman–Crippen LogP) is 0.731. The van der Waals surface area contributed by atoms with Crippen molar-refractivity contribution in [2.75, 3.05) is 33.7 Å². The topological polar surface area (TPSA) is 52.7 Å². The molecule has 112 valence electrons. The van der Waals surface area contributed by atoms with Crippen LogP contribution >= 0.6 is 0 Å². The summed E-state index contributed by atoms with van der Waals surface area (Å²) in [5.41, 5.74) is 1.15. The summed E-state index contributed by atoms with van der Waals surface area (Å²) < 4.78 is 25.2. The molecule has 1 unspecified atom stereocenters. The highest BCUT2D eigenvalue weighted by atomic mass is 32.2. The first kappa shape index (κ1) is 15.4. The van der Waals surface area contributed by atoms with Crippen molar-refractivity contribution in [2.45, 2.75) is 24.4 Å². The van der Waals surface area contributed by atoms with Gasteiger partial charge in [0.1, 0.15) is 0 Å². The number of benzene rings is 1. The minimum absolute atomic E-state index is 0.347. The van der Waals surface area contributed by atoms with E-state index in [0.29, 0.717) is 10.9 Å². The minimum Gasteiger partial charge on any atom is -0.314 e. The molecule has 0 bridgehead atoms. The molecule has 1 saturated heterocycles. The van der Waals surface area contributed by atoms with Crippen LogP contribution in [0.25, 0.3) is 0 Å². The van der Waals surface area contributed by atoms with Crippen molar-refractivity contribution in [3.8, 4) is 0 Å². The van der Waals surface area contributed by atoms with Gasteiger partial charge in [-0.05, 0) is 24.6 Å². The van der Waals surface area contributed by atoms with Gasteiger partial charge in [0.05, 0.1) is 4.90 Å². The van der Waals surface area contributed by atoms with Gasteiger partial charge in [-0.1, -0.05) is 12.1 Å². The monoisotopic (exact) mass is 297 g/mol. The first-order valence-electron chi connectivity index (χ1n) is 6.87. The molecule has 1 aromatic rings. The summed E-state index contributed by atoms with van der Waals surface area (Å²) in [6.07, 6.45) is 0. The third-order valence-corrected chi connectivity index (χ3v) is 5.56. The van der Waals surface area contributed by atoms with Crippen molar-refractivity contribution in [1.29, 1.82) is 0 Å². The molecule has 1 aliphatic rings. The molecule has 0 radical (unpaired) electrons. The molecule has 1 aliphatic heterocycles. The van der Waals surface area contributed by atoms with E-state index in [4.69, 9.17) is 0 Å². The molecule has 0 aromatic heterocycles. The number of rotatable bonds is 4. The van der Waals surface area contributed by atoms with Crippen LogP contribution in [0.3, 0.4) is 0 Å². The molecule has 0 amide bonds. The van der Waals surface area contributed by atoms with Gasteiger partial charge in [0.15, 0.2) is 0 Å². The highest BCUT2D eigenvalue weighted by molar-refractivity contribution is 7.89. The van der Waals surface area contributed by atoms with E-state index in [1.807, 2.05) is 12.1 Å². The maximum Gasteiger partial charge on any atom is 0.242 e. The fourth-order valence-electron chi connectivity index (χ4n) is 2.33. The van der Waals surface area contributed by atoms with Crippen LogP contribution in [0.4, 0.5) is 0 Å². The van der Waals surface area contributed by atoms with E-state index in [0.717, 1.165) is 31.7 Å².